The Balaban J connectivity index is 1.72. The Bertz CT molecular complexity index is 625. The predicted octanol–water partition coefficient (Wildman–Crippen LogP) is 3.73. The van der Waals surface area contributed by atoms with Crippen molar-refractivity contribution in [1.82, 2.24) is 14.8 Å². The number of likely N-dealkylation sites (N-methyl/N-ethyl adjacent to an activating group) is 1. The van der Waals surface area contributed by atoms with Crippen LogP contribution in [-0.2, 0) is 6.42 Å². The SMILES string of the molecule is CN(CCc1ccccc1)c1n[nH]c(=S)n1C1CCCC1. The van der Waals surface area contributed by atoms with E-state index in [2.05, 4.69) is 57.0 Å². The van der Waals surface area contributed by atoms with E-state index in [0.29, 0.717) is 6.04 Å². The molecule has 112 valence electrons. The summed E-state index contributed by atoms with van der Waals surface area (Å²) in [6, 6.07) is 11.1. The third-order valence-corrected chi connectivity index (χ3v) is 4.58. The monoisotopic (exact) mass is 302 g/mol. The van der Waals surface area contributed by atoms with E-state index in [-0.39, 0.29) is 0 Å². The highest BCUT2D eigenvalue weighted by Crippen LogP contribution is 2.32. The van der Waals surface area contributed by atoms with Crippen LogP contribution in [0, 0.1) is 4.77 Å². The number of nitrogens with zero attached hydrogens (tertiary/aromatic N) is 3. The summed E-state index contributed by atoms with van der Waals surface area (Å²) in [5, 5.41) is 7.41. The number of H-pyrrole nitrogens is 1. The van der Waals surface area contributed by atoms with Gasteiger partial charge >= 0.3 is 0 Å². The van der Waals surface area contributed by atoms with E-state index < -0.39 is 0 Å². The molecule has 1 aromatic heterocycles. The van der Waals surface area contributed by atoms with Crippen molar-refractivity contribution >= 4 is 18.2 Å². The number of hydrogen-bond acceptors (Lipinski definition) is 3. The smallest absolute Gasteiger partial charge is 0.225 e. The Morgan fingerprint density at radius 2 is 2.00 bits per heavy atom. The lowest BCUT2D eigenvalue weighted by Crippen LogP contribution is -2.25. The first-order valence-electron chi connectivity index (χ1n) is 7.67. The summed E-state index contributed by atoms with van der Waals surface area (Å²) in [6.07, 6.45) is 6.04. The first-order chi connectivity index (χ1) is 10.3. The standard InChI is InChI=1S/C16H22N4S/c1-19(12-11-13-7-3-2-4-8-13)15-17-18-16(21)20(15)14-9-5-6-10-14/h2-4,7-8,14H,5-6,9-12H2,1H3,(H,18,21). The van der Waals surface area contributed by atoms with Gasteiger partial charge in [-0.15, -0.1) is 5.10 Å². The Hall–Kier alpha value is -1.62. The van der Waals surface area contributed by atoms with E-state index in [9.17, 15) is 0 Å². The zero-order chi connectivity index (χ0) is 14.7. The lowest BCUT2D eigenvalue weighted by molar-refractivity contribution is 0.509. The second-order valence-corrected chi connectivity index (χ2v) is 6.18. The topological polar surface area (TPSA) is 36.9 Å². The minimum Gasteiger partial charge on any atom is -0.344 e. The Morgan fingerprint density at radius 3 is 2.71 bits per heavy atom. The van der Waals surface area contributed by atoms with Gasteiger partial charge in [0.1, 0.15) is 0 Å². The molecular weight excluding hydrogens is 280 g/mol. The Morgan fingerprint density at radius 1 is 1.29 bits per heavy atom. The summed E-state index contributed by atoms with van der Waals surface area (Å²) in [6.45, 7) is 0.941. The van der Waals surface area contributed by atoms with Gasteiger partial charge in [0.15, 0.2) is 4.77 Å². The lowest BCUT2D eigenvalue weighted by Gasteiger charge is -2.22. The highest BCUT2D eigenvalue weighted by molar-refractivity contribution is 7.71. The van der Waals surface area contributed by atoms with Gasteiger partial charge in [0.25, 0.3) is 0 Å². The number of anilines is 1. The number of nitrogens with one attached hydrogen (secondary N) is 1. The maximum absolute atomic E-state index is 5.42. The molecule has 21 heavy (non-hydrogen) atoms. The van der Waals surface area contributed by atoms with Crippen molar-refractivity contribution in [2.75, 3.05) is 18.5 Å². The molecule has 3 rings (SSSR count). The molecule has 1 heterocycles. The predicted molar refractivity (Wildman–Crippen MR) is 88.3 cm³/mol. The minimum atomic E-state index is 0.519. The Kier molecular flexibility index (Phi) is 4.39. The summed E-state index contributed by atoms with van der Waals surface area (Å²) < 4.78 is 2.97. The Labute approximate surface area is 130 Å². The minimum absolute atomic E-state index is 0.519. The number of hydrogen-bond donors (Lipinski definition) is 1. The third kappa shape index (κ3) is 3.18. The van der Waals surface area contributed by atoms with Gasteiger partial charge in [-0.25, -0.2) is 5.10 Å². The molecule has 1 saturated carbocycles. The first-order valence-corrected chi connectivity index (χ1v) is 8.08. The van der Waals surface area contributed by atoms with Crippen molar-refractivity contribution in [3.8, 4) is 0 Å². The summed E-state index contributed by atoms with van der Waals surface area (Å²) >= 11 is 5.42. The van der Waals surface area contributed by atoms with Crippen LogP contribution in [0.15, 0.2) is 30.3 Å². The van der Waals surface area contributed by atoms with Crippen molar-refractivity contribution < 1.29 is 0 Å². The number of aromatic nitrogens is 3. The molecule has 0 radical (unpaired) electrons. The fraction of sp³-hybridized carbons (Fsp3) is 0.500. The van der Waals surface area contributed by atoms with Gasteiger partial charge in [0.2, 0.25) is 5.95 Å². The fourth-order valence-corrected chi connectivity index (χ4v) is 3.38. The molecule has 0 spiro atoms. The largest absolute Gasteiger partial charge is 0.344 e. The molecule has 0 unspecified atom stereocenters. The molecule has 0 aliphatic heterocycles. The third-order valence-electron chi connectivity index (χ3n) is 4.30. The molecule has 1 N–H and O–H groups in total. The van der Waals surface area contributed by atoms with Crippen molar-refractivity contribution in [3.63, 3.8) is 0 Å². The van der Waals surface area contributed by atoms with E-state index in [4.69, 9.17) is 12.2 Å². The summed E-state index contributed by atoms with van der Waals surface area (Å²) in [7, 11) is 2.10. The van der Waals surface area contributed by atoms with Gasteiger partial charge in [-0.05, 0) is 37.0 Å². The van der Waals surface area contributed by atoms with Gasteiger partial charge in [-0.3, -0.25) is 4.57 Å². The van der Waals surface area contributed by atoms with Crippen LogP contribution in [0.4, 0.5) is 5.95 Å². The highest BCUT2D eigenvalue weighted by atomic mass is 32.1. The fourth-order valence-electron chi connectivity index (χ4n) is 3.10. The van der Waals surface area contributed by atoms with Crippen LogP contribution in [0.3, 0.4) is 0 Å². The number of benzene rings is 1. The van der Waals surface area contributed by atoms with Crippen molar-refractivity contribution in [2.24, 2.45) is 0 Å². The van der Waals surface area contributed by atoms with Gasteiger partial charge in [-0.2, -0.15) is 0 Å². The molecule has 0 atom stereocenters. The quantitative estimate of drug-likeness (QED) is 0.855. The molecule has 1 aliphatic carbocycles. The molecule has 1 aromatic carbocycles. The summed E-state index contributed by atoms with van der Waals surface area (Å²) in [5.74, 6) is 0.975. The van der Waals surface area contributed by atoms with Crippen molar-refractivity contribution in [2.45, 2.75) is 38.1 Å². The molecular formula is C16H22N4S. The lowest BCUT2D eigenvalue weighted by atomic mass is 10.1. The van der Waals surface area contributed by atoms with E-state index in [0.717, 1.165) is 23.7 Å². The average Bonchev–Trinajstić information content (AvgIpc) is 3.15. The number of aromatic amines is 1. The molecule has 4 nitrogen and oxygen atoms in total. The van der Waals surface area contributed by atoms with E-state index in [1.54, 1.807) is 0 Å². The zero-order valence-electron chi connectivity index (χ0n) is 12.5. The average molecular weight is 302 g/mol. The maximum Gasteiger partial charge on any atom is 0.225 e. The van der Waals surface area contributed by atoms with Crippen LogP contribution in [-0.4, -0.2) is 28.4 Å². The second kappa shape index (κ2) is 6.43. The van der Waals surface area contributed by atoms with E-state index in [1.807, 2.05) is 0 Å². The summed E-state index contributed by atoms with van der Waals surface area (Å²) in [5.41, 5.74) is 1.35. The maximum atomic E-state index is 5.42. The molecule has 1 aliphatic rings. The highest BCUT2D eigenvalue weighted by Gasteiger charge is 2.22. The van der Waals surface area contributed by atoms with Gasteiger partial charge < -0.3 is 4.90 Å². The van der Waals surface area contributed by atoms with E-state index in [1.165, 1.54) is 31.2 Å². The first kappa shape index (κ1) is 14.3. The molecule has 0 saturated heterocycles. The van der Waals surface area contributed by atoms with Crippen LogP contribution in [0.2, 0.25) is 0 Å². The second-order valence-electron chi connectivity index (χ2n) is 5.79. The normalized spacial score (nSPS) is 15.5. The van der Waals surface area contributed by atoms with Crippen LogP contribution < -0.4 is 4.90 Å². The zero-order valence-corrected chi connectivity index (χ0v) is 13.3. The van der Waals surface area contributed by atoms with Crippen LogP contribution in [0.1, 0.15) is 37.3 Å². The van der Waals surface area contributed by atoms with E-state index >= 15 is 0 Å². The molecule has 0 bridgehead atoms. The van der Waals surface area contributed by atoms with Crippen LogP contribution in [0.25, 0.3) is 0 Å². The van der Waals surface area contributed by atoms with Gasteiger partial charge in [0.05, 0.1) is 0 Å². The van der Waals surface area contributed by atoms with Crippen LogP contribution in [0.5, 0.6) is 0 Å². The molecule has 0 amide bonds. The molecule has 5 heteroatoms. The van der Waals surface area contributed by atoms with Gasteiger partial charge in [-0.1, -0.05) is 43.2 Å². The van der Waals surface area contributed by atoms with Crippen molar-refractivity contribution in [3.05, 3.63) is 40.7 Å². The van der Waals surface area contributed by atoms with Crippen LogP contribution >= 0.6 is 12.2 Å². The molecule has 1 fully saturated rings. The van der Waals surface area contributed by atoms with Crippen molar-refractivity contribution in [1.29, 1.82) is 0 Å². The summed E-state index contributed by atoms with van der Waals surface area (Å²) in [4.78, 5) is 2.21. The number of rotatable bonds is 5. The molecule has 2 aromatic rings. The van der Waals surface area contributed by atoms with Gasteiger partial charge in [0, 0.05) is 19.6 Å².